The number of rotatable bonds is 5. The van der Waals surface area contributed by atoms with Crippen molar-refractivity contribution in [2.45, 2.75) is 25.7 Å². The Bertz CT molecular complexity index is 825. The summed E-state index contributed by atoms with van der Waals surface area (Å²) in [6.45, 7) is 4.50. The van der Waals surface area contributed by atoms with E-state index in [0.717, 1.165) is 51.4 Å². The molecule has 2 aliphatic heterocycles. The van der Waals surface area contributed by atoms with Crippen LogP contribution in [0.25, 0.3) is 5.69 Å². The Labute approximate surface area is 164 Å². The summed E-state index contributed by atoms with van der Waals surface area (Å²) in [5.74, 6) is 0.440. The van der Waals surface area contributed by atoms with E-state index in [1.807, 2.05) is 24.3 Å². The minimum atomic E-state index is -0.310. The summed E-state index contributed by atoms with van der Waals surface area (Å²) < 4.78 is 6.84. The van der Waals surface area contributed by atoms with Crippen molar-refractivity contribution in [2.75, 3.05) is 43.1 Å². The third kappa shape index (κ3) is 4.12. The number of ether oxygens (including phenoxy) is 1. The number of nitrogens with zero attached hydrogens (tertiary/aromatic N) is 3. The predicted octanol–water partition coefficient (Wildman–Crippen LogP) is 3.32. The van der Waals surface area contributed by atoms with Crippen LogP contribution in [-0.4, -0.2) is 42.6 Å². The van der Waals surface area contributed by atoms with E-state index < -0.39 is 0 Å². The number of benzene rings is 1. The molecule has 27 heavy (non-hydrogen) atoms. The number of hydrogen-bond donors (Lipinski definition) is 1. The number of halogens is 1. The number of nitrogens with one attached hydrogen (secondary N) is 1. The minimum absolute atomic E-state index is 0.172. The van der Waals surface area contributed by atoms with E-state index in [1.165, 1.54) is 23.2 Å². The predicted molar refractivity (Wildman–Crippen MR) is 108 cm³/mol. The molecule has 0 saturated carbocycles. The highest BCUT2D eigenvalue weighted by atomic mass is 35.5. The maximum atomic E-state index is 12.7. The lowest BCUT2D eigenvalue weighted by molar-refractivity contribution is 0.0595. The molecule has 1 atom stereocenters. The van der Waals surface area contributed by atoms with Gasteiger partial charge in [0.1, 0.15) is 5.02 Å². The monoisotopic (exact) mass is 388 g/mol. The summed E-state index contributed by atoms with van der Waals surface area (Å²) in [6.07, 6.45) is 6.30. The van der Waals surface area contributed by atoms with Gasteiger partial charge in [-0.3, -0.25) is 4.79 Å². The average molecular weight is 389 g/mol. The molecule has 2 fully saturated rings. The molecule has 2 saturated heterocycles. The second kappa shape index (κ2) is 8.31. The van der Waals surface area contributed by atoms with Gasteiger partial charge in [0.25, 0.3) is 5.56 Å². The Morgan fingerprint density at radius 3 is 2.59 bits per heavy atom. The fourth-order valence-corrected chi connectivity index (χ4v) is 3.94. The van der Waals surface area contributed by atoms with Crippen molar-refractivity contribution in [3.8, 4) is 5.69 Å². The molecule has 1 aromatic heterocycles. The van der Waals surface area contributed by atoms with E-state index in [0.29, 0.717) is 11.6 Å². The fraction of sp³-hybridized carbons (Fsp3) is 0.500. The van der Waals surface area contributed by atoms with E-state index in [1.54, 1.807) is 6.20 Å². The van der Waals surface area contributed by atoms with Gasteiger partial charge in [-0.15, -0.1) is 0 Å². The summed E-state index contributed by atoms with van der Waals surface area (Å²) >= 11 is 6.33. The van der Waals surface area contributed by atoms with Crippen molar-refractivity contribution < 1.29 is 4.74 Å². The van der Waals surface area contributed by atoms with Gasteiger partial charge in [0, 0.05) is 31.9 Å². The minimum Gasteiger partial charge on any atom is -0.382 e. The molecule has 0 radical (unpaired) electrons. The highest BCUT2D eigenvalue weighted by molar-refractivity contribution is 6.32. The molecule has 1 N–H and O–H groups in total. The van der Waals surface area contributed by atoms with Gasteiger partial charge < -0.3 is 15.0 Å². The molecule has 2 aromatic rings. The van der Waals surface area contributed by atoms with Gasteiger partial charge in [-0.1, -0.05) is 11.6 Å². The standard InChI is InChI=1S/C20H25ClN4O2/c21-19-18(22-12-15-4-3-11-27-14-15)13-23-25(20(19)26)17-7-5-16(6-8-17)24-9-1-2-10-24/h5-8,13,15,22H,1-4,9-12,14H2/t15-/m0/s1. The van der Waals surface area contributed by atoms with Crippen LogP contribution in [0.1, 0.15) is 25.7 Å². The van der Waals surface area contributed by atoms with E-state index in [4.69, 9.17) is 16.3 Å². The molecule has 4 rings (SSSR count). The number of hydrogen-bond acceptors (Lipinski definition) is 5. The summed E-state index contributed by atoms with van der Waals surface area (Å²) in [5, 5.41) is 7.74. The molecule has 6 nitrogen and oxygen atoms in total. The van der Waals surface area contributed by atoms with Crippen molar-refractivity contribution in [1.82, 2.24) is 9.78 Å². The average Bonchev–Trinajstić information content (AvgIpc) is 3.25. The zero-order chi connectivity index (χ0) is 18.6. The van der Waals surface area contributed by atoms with Crippen LogP contribution in [0, 0.1) is 5.92 Å². The maximum absolute atomic E-state index is 12.7. The van der Waals surface area contributed by atoms with Crippen LogP contribution in [-0.2, 0) is 4.74 Å². The molecule has 2 aliphatic rings. The zero-order valence-corrected chi connectivity index (χ0v) is 16.1. The first-order valence-electron chi connectivity index (χ1n) is 9.67. The maximum Gasteiger partial charge on any atom is 0.292 e. The fourth-order valence-electron chi connectivity index (χ4n) is 3.74. The van der Waals surface area contributed by atoms with Crippen molar-refractivity contribution in [2.24, 2.45) is 5.92 Å². The van der Waals surface area contributed by atoms with Crippen LogP contribution in [0.5, 0.6) is 0 Å². The third-order valence-corrected chi connectivity index (χ3v) is 5.69. The molecule has 0 bridgehead atoms. The number of aromatic nitrogens is 2. The normalized spacial score (nSPS) is 20.0. The van der Waals surface area contributed by atoms with Crippen molar-refractivity contribution in [3.05, 3.63) is 45.8 Å². The highest BCUT2D eigenvalue weighted by Crippen LogP contribution is 2.22. The molecule has 7 heteroatoms. The highest BCUT2D eigenvalue weighted by Gasteiger charge is 2.16. The Morgan fingerprint density at radius 1 is 1.15 bits per heavy atom. The third-order valence-electron chi connectivity index (χ3n) is 5.32. The Balaban J connectivity index is 1.48. The first-order valence-corrected chi connectivity index (χ1v) is 10.0. The van der Waals surface area contributed by atoms with Gasteiger partial charge in [-0.25, -0.2) is 0 Å². The van der Waals surface area contributed by atoms with Gasteiger partial charge in [-0.05, 0) is 55.9 Å². The van der Waals surface area contributed by atoms with Crippen LogP contribution in [0.15, 0.2) is 35.3 Å². The zero-order valence-electron chi connectivity index (χ0n) is 15.4. The van der Waals surface area contributed by atoms with Crippen LogP contribution in [0.3, 0.4) is 0 Å². The summed E-state index contributed by atoms with van der Waals surface area (Å²) in [5.41, 5.74) is 2.17. The smallest absolute Gasteiger partial charge is 0.292 e. The lowest BCUT2D eigenvalue weighted by Crippen LogP contribution is -2.27. The lowest BCUT2D eigenvalue weighted by Gasteiger charge is -2.22. The second-order valence-electron chi connectivity index (χ2n) is 7.26. The summed E-state index contributed by atoms with van der Waals surface area (Å²) in [4.78, 5) is 15.0. The van der Waals surface area contributed by atoms with Crippen molar-refractivity contribution in [1.29, 1.82) is 0 Å². The topological polar surface area (TPSA) is 59.4 Å². The largest absolute Gasteiger partial charge is 0.382 e. The number of anilines is 2. The Hall–Kier alpha value is -2.05. The van der Waals surface area contributed by atoms with E-state index in [-0.39, 0.29) is 10.6 Å². The van der Waals surface area contributed by atoms with Gasteiger partial charge in [0.05, 0.1) is 24.2 Å². The molecule has 0 amide bonds. The van der Waals surface area contributed by atoms with E-state index >= 15 is 0 Å². The van der Waals surface area contributed by atoms with E-state index in [9.17, 15) is 4.79 Å². The van der Waals surface area contributed by atoms with Gasteiger partial charge in [-0.2, -0.15) is 9.78 Å². The molecular weight excluding hydrogens is 364 g/mol. The van der Waals surface area contributed by atoms with Gasteiger partial charge >= 0.3 is 0 Å². The SMILES string of the molecule is O=c1c(Cl)c(NC[C@@H]2CCCOC2)cnn1-c1ccc(N2CCCC2)cc1. The van der Waals surface area contributed by atoms with Crippen LogP contribution < -0.4 is 15.8 Å². The quantitative estimate of drug-likeness (QED) is 0.851. The molecule has 144 valence electrons. The molecular formula is C20H25ClN4O2. The molecule has 0 aliphatic carbocycles. The lowest BCUT2D eigenvalue weighted by atomic mass is 10.0. The van der Waals surface area contributed by atoms with Gasteiger partial charge in [0.15, 0.2) is 0 Å². The van der Waals surface area contributed by atoms with Crippen LogP contribution in [0.2, 0.25) is 5.02 Å². The molecule has 3 heterocycles. The van der Waals surface area contributed by atoms with Crippen LogP contribution in [0.4, 0.5) is 11.4 Å². The van der Waals surface area contributed by atoms with Gasteiger partial charge in [0.2, 0.25) is 0 Å². The van der Waals surface area contributed by atoms with Crippen molar-refractivity contribution in [3.63, 3.8) is 0 Å². The first-order chi connectivity index (χ1) is 13.2. The summed E-state index contributed by atoms with van der Waals surface area (Å²) in [7, 11) is 0. The molecule has 1 aromatic carbocycles. The molecule has 0 spiro atoms. The summed E-state index contributed by atoms with van der Waals surface area (Å²) in [6, 6.07) is 7.92. The molecule has 0 unspecified atom stereocenters. The van der Waals surface area contributed by atoms with Crippen LogP contribution >= 0.6 is 11.6 Å². The first kappa shape index (κ1) is 18.3. The van der Waals surface area contributed by atoms with E-state index in [2.05, 4.69) is 15.3 Å². The second-order valence-corrected chi connectivity index (χ2v) is 7.64. The Kier molecular flexibility index (Phi) is 5.64. The van der Waals surface area contributed by atoms with Crippen molar-refractivity contribution >= 4 is 23.0 Å². The Morgan fingerprint density at radius 2 is 1.89 bits per heavy atom.